The fourth-order valence-electron chi connectivity index (χ4n) is 1.04. The van der Waals surface area contributed by atoms with Crippen molar-refractivity contribution in [3.63, 3.8) is 0 Å². The Morgan fingerprint density at radius 2 is 2.12 bits per heavy atom. The van der Waals surface area contributed by atoms with Crippen molar-refractivity contribution in [2.24, 2.45) is 0 Å². The first-order valence-electron chi connectivity index (χ1n) is 3.93. The van der Waals surface area contributed by atoms with E-state index in [2.05, 4.69) is 4.98 Å². The summed E-state index contributed by atoms with van der Waals surface area (Å²) in [6.07, 6.45) is -4.10. The molecule has 88 valence electrons. The second-order valence-electron chi connectivity index (χ2n) is 2.80. The van der Waals surface area contributed by atoms with E-state index in [0.717, 1.165) is 6.20 Å². The molecule has 1 atom stereocenters. The Kier molecular flexibility index (Phi) is 3.69. The van der Waals surface area contributed by atoms with E-state index < -0.39 is 28.8 Å². The molecule has 0 unspecified atom stereocenters. The van der Waals surface area contributed by atoms with Gasteiger partial charge in [0.15, 0.2) is 17.0 Å². The van der Waals surface area contributed by atoms with Crippen LogP contribution in [0.5, 0.6) is 0 Å². The van der Waals surface area contributed by atoms with Crippen molar-refractivity contribution in [1.82, 2.24) is 10.3 Å². The number of carbonyl (C=O) groups is 1. The molecule has 0 aliphatic carbocycles. The van der Waals surface area contributed by atoms with Crippen LogP contribution < -0.4 is 5.32 Å². The number of nitrogens with one attached hydrogen (secondary N) is 1. The Balaban J connectivity index is 3.11. The van der Waals surface area contributed by atoms with Gasteiger partial charge in [0.25, 0.3) is 0 Å². The highest BCUT2D eigenvalue weighted by Gasteiger charge is 2.41. The highest BCUT2D eigenvalue weighted by molar-refractivity contribution is 6.29. The van der Waals surface area contributed by atoms with Crippen LogP contribution in [-0.4, -0.2) is 17.6 Å². The van der Waals surface area contributed by atoms with Gasteiger partial charge in [-0.3, -0.25) is 4.79 Å². The first-order chi connectivity index (χ1) is 7.36. The summed E-state index contributed by atoms with van der Waals surface area (Å²) in [6.45, 7) is 0. The normalized spacial score (nSPS) is 13.3. The van der Waals surface area contributed by atoms with Gasteiger partial charge in [-0.2, -0.15) is 13.2 Å². The molecular formula is C8H5ClF4N2O. The van der Waals surface area contributed by atoms with Crippen molar-refractivity contribution in [1.29, 1.82) is 0 Å². The molecule has 1 N–H and O–H groups in total. The van der Waals surface area contributed by atoms with Crippen molar-refractivity contribution in [3.8, 4) is 0 Å². The third kappa shape index (κ3) is 2.82. The number of nitrogens with zero attached hydrogens (tertiary/aromatic N) is 1. The van der Waals surface area contributed by atoms with Crippen molar-refractivity contribution < 1.29 is 22.4 Å². The standard InChI is InChI=1S/C8H5ClF4N2O/c9-7-5(10)1-4(2-14-7)6(15-3-16)8(11,12)13/h1-3,6H,(H,15,16)/t6-/m0/s1. The van der Waals surface area contributed by atoms with E-state index in [1.54, 1.807) is 0 Å². The molecule has 16 heavy (non-hydrogen) atoms. The molecule has 0 aliphatic rings. The third-order valence-corrected chi connectivity index (χ3v) is 1.99. The first-order valence-corrected chi connectivity index (χ1v) is 4.31. The highest BCUT2D eigenvalue weighted by atomic mass is 35.5. The van der Waals surface area contributed by atoms with Crippen LogP contribution >= 0.6 is 11.6 Å². The molecule has 0 aromatic carbocycles. The van der Waals surface area contributed by atoms with E-state index in [9.17, 15) is 22.4 Å². The summed E-state index contributed by atoms with van der Waals surface area (Å²) in [5.41, 5.74) is -0.526. The second-order valence-corrected chi connectivity index (χ2v) is 3.16. The van der Waals surface area contributed by atoms with E-state index in [1.165, 1.54) is 5.32 Å². The maximum absolute atomic E-state index is 12.9. The third-order valence-electron chi connectivity index (χ3n) is 1.71. The predicted octanol–water partition coefficient (Wildman–Crippen LogP) is 2.22. The lowest BCUT2D eigenvalue weighted by Gasteiger charge is -2.19. The van der Waals surface area contributed by atoms with Crippen LogP contribution in [0, 0.1) is 5.82 Å². The van der Waals surface area contributed by atoms with Crippen molar-refractivity contribution in [3.05, 3.63) is 28.8 Å². The molecule has 0 fully saturated rings. The van der Waals surface area contributed by atoms with Crippen molar-refractivity contribution >= 4 is 18.0 Å². The lowest BCUT2D eigenvalue weighted by molar-refractivity contribution is -0.160. The zero-order valence-electron chi connectivity index (χ0n) is 7.55. The van der Waals surface area contributed by atoms with Gasteiger partial charge in [-0.15, -0.1) is 0 Å². The van der Waals surface area contributed by atoms with Gasteiger partial charge in [-0.05, 0) is 6.07 Å². The maximum Gasteiger partial charge on any atom is 0.412 e. The topological polar surface area (TPSA) is 42.0 Å². The quantitative estimate of drug-likeness (QED) is 0.512. The lowest BCUT2D eigenvalue weighted by atomic mass is 10.1. The summed E-state index contributed by atoms with van der Waals surface area (Å²) in [4.78, 5) is 13.3. The van der Waals surface area contributed by atoms with Gasteiger partial charge < -0.3 is 5.32 Å². The Morgan fingerprint density at radius 3 is 2.56 bits per heavy atom. The number of rotatable bonds is 3. The summed E-state index contributed by atoms with van der Waals surface area (Å²) in [5, 5.41) is 0.999. The zero-order valence-corrected chi connectivity index (χ0v) is 8.31. The van der Waals surface area contributed by atoms with Crippen LogP contribution in [0.3, 0.4) is 0 Å². The molecule has 1 aromatic heterocycles. The van der Waals surface area contributed by atoms with Gasteiger partial charge in [0.05, 0.1) is 0 Å². The summed E-state index contributed by atoms with van der Waals surface area (Å²) in [5.74, 6) is -1.08. The highest BCUT2D eigenvalue weighted by Crippen LogP contribution is 2.32. The number of hydrogen-bond acceptors (Lipinski definition) is 2. The lowest BCUT2D eigenvalue weighted by Crippen LogP contribution is -2.33. The van der Waals surface area contributed by atoms with Crippen LogP contribution in [0.4, 0.5) is 17.6 Å². The molecular weight excluding hydrogens is 252 g/mol. The number of amides is 1. The minimum Gasteiger partial charge on any atom is -0.343 e. The molecule has 0 radical (unpaired) electrons. The molecule has 1 heterocycles. The van der Waals surface area contributed by atoms with Crippen molar-refractivity contribution in [2.45, 2.75) is 12.2 Å². The van der Waals surface area contributed by atoms with Crippen LogP contribution in [-0.2, 0) is 4.79 Å². The van der Waals surface area contributed by atoms with E-state index in [0.29, 0.717) is 6.07 Å². The summed E-state index contributed by atoms with van der Waals surface area (Å²) >= 11 is 5.22. The van der Waals surface area contributed by atoms with E-state index in [1.807, 2.05) is 0 Å². The molecule has 1 rings (SSSR count). The van der Waals surface area contributed by atoms with Crippen LogP contribution in [0.15, 0.2) is 12.3 Å². The number of hydrogen-bond donors (Lipinski definition) is 1. The second kappa shape index (κ2) is 4.65. The maximum atomic E-state index is 12.9. The largest absolute Gasteiger partial charge is 0.412 e. The number of pyridine rings is 1. The molecule has 1 amide bonds. The number of halogens is 5. The molecule has 0 saturated carbocycles. The average Bonchev–Trinajstić information content (AvgIpc) is 2.17. The van der Waals surface area contributed by atoms with Crippen molar-refractivity contribution in [2.75, 3.05) is 0 Å². The number of alkyl halides is 3. The summed E-state index contributed by atoms with van der Waals surface area (Å²) < 4.78 is 50.2. The Bertz CT molecular complexity index is 396. The average molecular weight is 257 g/mol. The molecule has 0 spiro atoms. The van der Waals surface area contributed by atoms with Gasteiger partial charge in [0.2, 0.25) is 6.41 Å². The molecule has 0 saturated heterocycles. The molecule has 0 bridgehead atoms. The Labute approximate surface area is 92.4 Å². The molecule has 0 aliphatic heterocycles. The smallest absolute Gasteiger partial charge is 0.343 e. The zero-order chi connectivity index (χ0) is 12.3. The summed E-state index contributed by atoms with van der Waals surface area (Å²) in [6, 6.07) is -1.73. The van der Waals surface area contributed by atoms with Gasteiger partial charge in [0, 0.05) is 11.8 Å². The molecule has 1 aromatic rings. The minimum atomic E-state index is -4.73. The van der Waals surface area contributed by atoms with Gasteiger partial charge in [-0.25, -0.2) is 9.37 Å². The monoisotopic (exact) mass is 256 g/mol. The predicted molar refractivity (Wildman–Crippen MR) is 47.2 cm³/mol. The minimum absolute atomic E-state index is 0.120. The molecule has 8 heteroatoms. The van der Waals surface area contributed by atoms with E-state index in [-0.39, 0.29) is 6.41 Å². The van der Waals surface area contributed by atoms with E-state index >= 15 is 0 Å². The summed E-state index contributed by atoms with van der Waals surface area (Å²) in [7, 11) is 0. The molecule has 3 nitrogen and oxygen atoms in total. The fourth-order valence-corrected chi connectivity index (χ4v) is 1.14. The number of carbonyl (C=O) groups excluding carboxylic acids is 1. The van der Waals surface area contributed by atoms with Gasteiger partial charge in [-0.1, -0.05) is 11.6 Å². The van der Waals surface area contributed by atoms with Crippen LogP contribution in [0.25, 0.3) is 0 Å². The Morgan fingerprint density at radius 1 is 1.50 bits per heavy atom. The number of aromatic nitrogens is 1. The van der Waals surface area contributed by atoms with Gasteiger partial charge >= 0.3 is 6.18 Å². The van der Waals surface area contributed by atoms with Gasteiger partial charge in [0.1, 0.15) is 0 Å². The van der Waals surface area contributed by atoms with Crippen LogP contribution in [0.2, 0.25) is 5.15 Å². The first kappa shape index (κ1) is 12.7. The SMILES string of the molecule is O=CN[C@@H](c1cnc(Cl)c(F)c1)C(F)(F)F. The van der Waals surface area contributed by atoms with Crippen LogP contribution in [0.1, 0.15) is 11.6 Å². The van der Waals surface area contributed by atoms with E-state index in [4.69, 9.17) is 11.6 Å². The Hall–Kier alpha value is -1.37. The fraction of sp³-hybridized carbons (Fsp3) is 0.250.